The van der Waals surface area contributed by atoms with E-state index >= 15 is 0 Å². The van der Waals surface area contributed by atoms with Crippen LogP contribution in [0.5, 0.6) is 0 Å². The van der Waals surface area contributed by atoms with Crippen LogP contribution in [0.4, 0.5) is 0 Å². The minimum absolute atomic E-state index is 0.286. The van der Waals surface area contributed by atoms with Crippen molar-refractivity contribution >= 4 is 5.91 Å². The number of methoxy groups -OCH3 is 2. The third kappa shape index (κ3) is 4.08. The molecule has 1 saturated carbocycles. The first-order valence-corrected chi connectivity index (χ1v) is 5.75. The van der Waals surface area contributed by atoms with Crippen molar-refractivity contribution in [1.82, 2.24) is 4.90 Å². The van der Waals surface area contributed by atoms with Gasteiger partial charge in [0.15, 0.2) is 6.29 Å². The summed E-state index contributed by atoms with van der Waals surface area (Å²) in [6.07, 6.45) is 4.43. The summed E-state index contributed by atoms with van der Waals surface area (Å²) >= 11 is 0. The monoisotopic (exact) mass is 230 g/mol. The Labute approximate surface area is 96.9 Å². The molecule has 0 aromatic rings. The van der Waals surface area contributed by atoms with Gasteiger partial charge in [0.1, 0.15) is 0 Å². The summed E-state index contributed by atoms with van der Waals surface area (Å²) in [4.78, 5) is 13.1. The van der Waals surface area contributed by atoms with Gasteiger partial charge in [-0.2, -0.15) is 0 Å². The van der Waals surface area contributed by atoms with Crippen LogP contribution in [0.3, 0.4) is 0 Å². The average molecular weight is 230 g/mol. The first kappa shape index (κ1) is 13.4. The van der Waals surface area contributed by atoms with Crippen LogP contribution in [0.25, 0.3) is 0 Å². The van der Waals surface area contributed by atoms with Gasteiger partial charge in [0.25, 0.3) is 0 Å². The van der Waals surface area contributed by atoms with Crippen LogP contribution in [0, 0.1) is 0 Å². The topological polar surface area (TPSA) is 64.8 Å². The van der Waals surface area contributed by atoms with E-state index in [4.69, 9.17) is 15.2 Å². The molecule has 5 nitrogen and oxygen atoms in total. The van der Waals surface area contributed by atoms with Crippen LogP contribution in [-0.4, -0.2) is 50.4 Å². The number of carbonyl (C=O) groups excluding carboxylic acids is 1. The molecular weight excluding hydrogens is 208 g/mol. The molecule has 16 heavy (non-hydrogen) atoms. The quantitative estimate of drug-likeness (QED) is 0.640. The molecule has 1 aliphatic carbocycles. The molecule has 0 heterocycles. The van der Waals surface area contributed by atoms with E-state index in [1.807, 2.05) is 0 Å². The van der Waals surface area contributed by atoms with E-state index in [0.29, 0.717) is 12.6 Å². The van der Waals surface area contributed by atoms with Gasteiger partial charge in [-0.15, -0.1) is 0 Å². The highest BCUT2D eigenvalue weighted by molar-refractivity contribution is 5.75. The molecule has 5 heteroatoms. The summed E-state index contributed by atoms with van der Waals surface area (Å²) < 4.78 is 10.3. The maximum atomic E-state index is 11.0. The second kappa shape index (κ2) is 6.83. The summed E-state index contributed by atoms with van der Waals surface area (Å²) in [5.41, 5.74) is 5.26. The number of hydrogen-bond acceptors (Lipinski definition) is 4. The third-order valence-corrected chi connectivity index (χ3v) is 3.11. The first-order chi connectivity index (χ1) is 7.67. The average Bonchev–Trinajstić information content (AvgIpc) is 2.76. The van der Waals surface area contributed by atoms with Gasteiger partial charge in [-0.3, -0.25) is 9.69 Å². The minimum atomic E-state index is -0.294. The number of ether oxygens (including phenoxy) is 2. The van der Waals surface area contributed by atoms with Crippen LogP contribution in [0.15, 0.2) is 0 Å². The van der Waals surface area contributed by atoms with Gasteiger partial charge < -0.3 is 15.2 Å². The highest BCUT2D eigenvalue weighted by Crippen LogP contribution is 2.23. The van der Waals surface area contributed by atoms with E-state index in [1.54, 1.807) is 14.2 Å². The number of hydrogen-bond donors (Lipinski definition) is 1. The second-order valence-electron chi connectivity index (χ2n) is 4.23. The summed E-state index contributed by atoms with van der Waals surface area (Å²) in [5, 5.41) is 0. The molecule has 1 fully saturated rings. The Hall–Kier alpha value is -0.650. The zero-order valence-corrected chi connectivity index (χ0v) is 10.1. The van der Waals surface area contributed by atoms with Crippen molar-refractivity contribution in [2.24, 2.45) is 5.73 Å². The van der Waals surface area contributed by atoms with E-state index in [-0.39, 0.29) is 18.7 Å². The molecule has 0 atom stereocenters. The molecule has 0 aromatic heterocycles. The fraction of sp³-hybridized carbons (Fsp3) is 0.909. The molecule has 0 spiro atoms. The third-order valence-electron chi connectivity index (χ3n) is 3.11. The van der Waals surface area contributed by atoms with Crippen molar-refractivity contribution in [2.45, 2.75) is 38.0 Å². The maximum absolute atomic E-state index is 11.0. The Morgan fingerprint density at radius 3 is 2.38 bits per heavy atom. The lowest BCUT2D eigenvalue weighted by Crippen LogP contribution is -2.44. The fourth-order valence-electron chi connectivity index (χ4n) is 2.25. The second-order valence-corrected chi connectivity index (χ2v) is 4.23. The van der Waals surface area contributed by atoms with Crippen LogP contribution in [0.2, 0.25) is 0 Å². The smallest absolute Gasteiger partial charge is 0.231 e. The van der Waals surface area contributed by atoms with Crippen molar-refractivity contribution in [3.05, 3.63) is 0 Å². The lowest BCUT2D eigenvalue weighted by atomic mass is 10.2. The number of rotatable bonds is 7. The predicted molar refractivity (Wildman–Crippen MR) is 60.8 cm³/mol. The Kier molecular flexibility index (Phi) is 5.73. The minimum Gasteiger partial charge on any atom is -0.369 e. The van der Waals surface area contributed by atoms with Crippen LogP contribution in [0.1, 0.15) is 25.7 Å². The standard InChI is InChI=1S/C11H22N2O3/c1-15-11(16-2)8-13(7-10(12)14)9-5-3-4-6-9/h9,11H,3-8H2,1-2H3,(H2,12,14). The lowest BCUT2D eigenvalue weighted by molar-refractivity contribution is -0.130. The van der Waals surface area contributed by atoms with Gasteiger partial charge in [0.2, 0.25) is 5.91 Å². The molecule has 1 amide bonds. The molecule has 2 N–H and O–H groups in total. The summed E-state index contributed by atoms with van der Waals surface area (Å²) in [7, 11) is 3.20. The van der Waals surface area contributed by atoms with Gasteiger partial charge in [-0.05, 0) is 12.8 Å². The number of carbonyl (C=O) groups is 1. The Morgan fingerprint density at radius 2 is 1.94 bits per heavy atom. The number of primary amides is 1. The van der Waals surface area contributed by atoms with E-state index in [9.17, 15) is 4.79 Å². The molecule has 1 aliphatic rings. The molecule has 0 unspecified atom stereocenters. The fourth-order valence-corrected chi connectivity index (χ4v) is 2.25. The molecule has 94 valence electrons. The highest BCUT2D eigenvalue weighted by Gasteiger charge is 2.25. The number of nitrogens with zero attached hydrogens (tertiary/aromatic N) is 1. The highest BCUT2D eigenvalue weighted by atomic mass is 16.7. The normalized spacial score (nSPS) is 17.5. The van der Waals surface area contributed by atoms with E-state index < -0.39 is 0 Å². The van der Waals surface area contributed by atoms with Gasteiger partial charge in [0.05, 0.1) is 13.1 Å². The molecule has 0 saturated heterocycles. The van der Waals surface area contributed by atoms with E-state index in [0.717, 1.165) is 12.8 Å². The lowest BCUT2D eigenvalue weighted by Gasteiger charge is -2.30. The van der Waals surface area contributed by atoms with Crippen molar-refractivity contribution in [2.75, 3.05) is 27.3 Å². The molecule has 0 aromatic carbocycles. The van der Waals surface area contributed by atoms with Gasteiger partial charge in [0, 0.05) is 20.3 Å². The largest absolute Gasteiger partial charge is 0.369 e. The SMILES string of the molecule is COC(CN(CC(N)=O)C1CCCC1)OC. The Bertz CT molecular complexity index is 213. The van der Waals surface area contributed by atoms with Crippen molar-refractivity contribution in [3.8, 4) is 0 Å². The van der Waals surface area contributed by atoms with E-state index in [1.165, 1.54) is 12.8 Å². The first-order valence-electron chi connectivity index (χ1n) is 5.75. The van der Waals surface area contributed by atoms with Crippen LogP contribution in [-0.2, 0) is 14.3 Å². The molecule has 1 rings (SSSR count). The summed E-state index contributed by atoms with van der Waals surface area (Å²) in [5.74, 6) is -0.294. The summed E-state index contributed by atoms with van der Waals surface area (Å²) in [6.45, 7) is 0.883. The molecule has 0 aliphatic heterocycles. The maximum Gasteiger partial charge on any atom is 0.231 e. The van der Waals surface area contributed by atoms with Gasteiger partial charge in [-0.25, -0.2) is 0 Å². The number of nitrogens with two attached hydrogens (primary N) is 1. The number of amides is 1. The van der Waals surface area contributed by atoms with Crippen LogP contribution >= 0.6 is 0 Å². The van der Waals surface area contributed by atoms with Gasteiger partial charge >= 0.3 is 0 Å². The molecule has 0 radical (unpaired) electrons. The molecular formula is C11H22N2O3. The van der Waals surface area contributed by atoms with Crippen LogP contribution < -0.4 is 5.73 Å². The zero-order chi connectivity index (χ0) is 12.0. The molecule has 0 bridgehead atoms. The van der Waals surface area contributed by atoms with Crippen molar-refractivity contribution in [1.29, 1.82) is 0 Å². The van der Waals surface area contributed by atoms with Crippen molar-refractivity contribution in [3.63, 3.8) is 0 Å². The van der Waals surface area contributed by atoms with Gasteiger partial charge in [-0.1, -0.05) is 12.8 Å². The van der Waals surface area contributed by atoms with E-state index in [2.05, 4.69) is 4.90 Å². The Balaban J connectivity index is 2.51. The van der Waals surface area contributed by atoms with Crippen molar-refractivity contribution < 1.29 is 14.3 Å². The zero-order valence-electron chi connectivity index (χ0n) is 10.1. The summed E-state index contributed by atoms with van der Waals surface area (Å²) in [6, 6.07) is 0.445. The Morgan fingerprint density at radius 1 is 1.38 bits per heavy atom. The predicted octanol–water partition coefficient (Wildman–Crippen LogP) is 0.335.